The first-order valence-corrected chi connectivity index (χ1v) is 4.53. The zero-order valence-electron chi connectivity index (χ0n) is 8.32. The zero-order valence-corrected chi connectivity index (χ0v) is 8.32. The van der Waals surface area contributed by atoms with Crippen LogP contribution in [0, 0.1) is 5.92 Å². The van der Waals surface area contributed by atoms with Crippen molar-refractivity contribution in [2.75, 3.05) is 0 Å². The first kappa shape index (κ1) is 10.5. The summed E-state index contributed by atoms with van der Waals surface area (Å²) in [7, 11) is 0. The Morgan fingerprint density at radius 1 is 1.71 bits per heavy atom. The minimum Gasteiger partial charge on any atom is -0.478 e. The summed E-state index contributed by atoms with van der Waals surface area (Å²) in [6.45, 7) is 4.21. The Labute approximate surface area is 82.6 Å². The molecule has 1 aromatic rings. The lowest BCUT2D eigenvalue weighted by molar-refractivity contribution is -0.131. The van der Waals surface area contributed by atoms with Crippen molar-refractivity contribution in [1.82, 2.24) is 10.2 Å². The highest BCUT2D eigenvalue weighted by molar-refractivity contribution is 5.85. The summed E-state index contributed by atoms with van der Waals surface area (Å²) in [5.74, 6) is -0.422. The zero-order chi connectivity index (χ0) is 10.6. The van der Waals surface area contributed by atoms with Gasteiger partial charge in [-0.3, -0.25) is 5.10 Å². The smallest absolute Gasteiger partial charge is 0.328 e. The molecule has 0 atom stereocenters. The average molecular weight is 194 g/mol. The van der Waals surface area contributed by atoms with E-state index in [9.17, 15) is 4.79 Å². The summed E-state index contributed by atoms with van der Waals surface area (Å²) in [5.41, 5.74) is 1.83. The van der Waals surface area contributed by atoms with Gasteiger partial charge < -0.3 is 5.11 Å². The maximum atomic E-state index is 10.3. The van der Waals surface area contributed by atoms with E-state index < -0.39 is 5.97 Å². The maximum absolute atomic E-state index is 10.3. The number of carbonyl (C=O) groups is 1. The lowest BCUT2D eigenvalue weighted by Gasteiger charge is -2.02. The number of aliphatic carboxylic acids is 1. The number of hydrogen-bond donors (Lipinski definition) is 2. The summed E-state index contributed by atoms with van der Waals surface area (Å²) in [4.78, 5) is 10.3. The molecule has 4 heteroatoms. The lowest BCUT2D eigenvalue weighted by atomic mass is 10.1. The molecule has 1 heterocycles. The van der Waals surface area contributed by atoms with Gasteiger partial charge in [-0.1, -0.05) is 13.8 Å². The topological polar surface area (TPSA) is 66.0 Å². The minimum atomic E-state index is -0.943. The van der Waals surface area contributed by atoms with Crippen molar-refractivity contribution in [2.45, 2.75) is 20.3 Å². The summed E-state index contributed by atoms with van der Waals surface area (Å²) >= 11 is 0. The van der Waals surface area contributed by atoms with Crippen molar-refractivity contribution in [2.24, 2.45) is 5.92 Å². The Kier molecular flexibility index (Phi) is 3.45. The van der Waals surface area contributed by atoms with Crippen molar-refractivity contribution in [3.05, 3.63) is 23.5 Å². The molecule has 0 amide bonds. The molecule has 0 spiro atoms. The molecule has 1 aromatic heterocycles. The van der Waals surface area contributed by atoms with Gasteiger partial charge in [0.15, 0.2) is 0 Å². The van der Waals surface area contributed by atoms with Crippen molar-refractivity contribution < 1.29 is 9.90 Å². The second-order valence-electron chi connectivity index (χ2n) is 3.57. The molecule has 0 bridgehead atoms. The predicted molar refractivity (Wildman–Crippen MR) is 53.8 cm³/mol. The van der Waals surface area contributed by atoms with Crippen LogP contribution in [0.4, 0.5) is 0 Å². The van der Waals surface area contributed by atoms with E-state index in [1.165, 1.54) is 0 Å². The Morgan fingerprint density at radius 2 is 2.43 bits per heavy atom. The molecule has 0 aliphatic heterocycles. The fraction of sp³-hybridized carbons (Fsp3) is 0.400. The highest BCUT2D eigenvalue weighted by atomic mass is 16.4. The summed E-state index contributed by atoms with van der Waals surface area (Å²) in [6, 6.07) is 0. The van der Waals surface area contributed by atoms with Gasteiger partial charge in [0.05, 0.1) is 6.20 Å². The van der Waals surface area contributed by atoms with Crippen LogP contribution in [-0.2, 0) is 11.2 Å². The van der Waals surface area contributed by atoms with E-state index in [-0.39, 0.29) is 0 Å². The number of aromatic nitrogens is 2. The van der Waals surface area contributed by atoms with Crippen LogP contribution >= 0.6 is 0 Å². The number of nitrogens with zero attached hydrogens (tertiary/aromatic N) is 1. The van der Waals surface area contributed by atoms with Crippen molar-refractivity contribution in [3.8, 4) is 0 Å². The van der Waals surface area contributed by atoms with Gasteiger partial charge in [0, 0.05) is 17.3 Å². The monoisotopic (exact) mass is 194 g/mol. The molecule has 0 aliphatic rings. The number of H-pyrrole nitrogens is 1. The van der Waals surface area contributed by atoms with Gasteiger partial charge in [-0.05, 0) is 18.4 Å². The van der Waals surface area contributed by atoms with Gasteiger partial charge in [0.1, 0.15) is 0 Å². The molecule has 2 N–H and O–H groups in total. The standard InChI is InChI=1S/C10H14N2O2/c1-7(2)5-9-8(6-11-12-9)3-4-10(13)14/h3-4,6-7H,5H2,1-2H3,(H,11,12)(H,13,14)/b4-3+. The quantitative estimate of drug-likeness (QED) is 0.717. The third-order valence-electron chi connectivity index (χ3n) is 1.77. The van der Waals surface area contributed by atoms with Gasteiger partial charge in [-0.25, -0.2) is 4.79 Å². The van der Waals surface area contributed by atoms with E-state index in [1.807, 2.05) is 0 Å². The molecule has 1 rings (SSSR count). The van der Waals surface area contributed by atoms with Crippen LogP contribution < -0.4 is 0 Å². The molecular weight excluding hydrogens is 180 g/mol. The Morgan fingerprint density at radius 3 is 3.00 bits per heavy atom. The Hall–Kier alpha value is -1.58. The largest absolute Gasteiger partial charge is 0.478 e. The fourth-order valence-electron chi connectivity index (χ4n) is 1.20. The van der Waals surface area contributed by atoms with Crippen LogP contribution in [0.1, 0.15) is 25.1 Å². The summed E-state index contributed by atoms with van der Waals surface area (Å²) < 4.78 is 0. The van der Waals surface area contributed by atoms with Crippen LogP contribution in [0.3, 0.4) is 0 Å². The SMILES string of the molecule is CC(C)Cc1[nH]ncc1/C=C/C(=O)O. The number of aromatic amines is 1. The van der Waals surface area contributed by atoms with Gasteiger partial charge in [0.2, 0.25) is 0 Å². The average Bonchev–Trinajstić information content (AvgIpc) is 2.47. The van der Waals surface area contributed by atoms with Crippen LogP contribution in [0.15, 0.2) is 12.3 Å². The first-order valence-electron chi connectivity index (χ1n) is 4.53. The van der Waals surface area contributed by atoms with E-state index in [0.717, 1.165) is 23.8 Å². The van der Waals surface area contributed by atoms with Crippen molar-refractivity contribution >= 4 is 12.0 Å². The lowest BCUT2D eigenvalue weighted by Crippen LogP contribution is -1.96. The van der Waals surface area contributed by atoms with Gasteiger partial charge in [-0.2, -0.15) is 5.10 Å². The minimum absolute atomic E-state index is 0.521. The first-order chi connectivity index (χ1) is 6.59. The molecule has 0 radical (unpaired) electrons. The third kappa shape index (κ3) is 3.05. The number of carboxylic acids is 1. The van der Waals surface area contributed by atoms with Crippen molar-refractivity contribution in [1.29, 1.82) is 0 Å². The van der Waals surface area contributed by atoms with E-state index in [2.05, 4.69) is 24.0 Å². The molecular formula is C10H14N2O2. The molecule has 0 unspecified atom stereocenters. The second-order valence-corrected chi connectivity index (χ2v) is 3.57. The number of nitrogens with one attached hydrogen (secondary N) is 1. The third-order valence-corrected chi connectivity index (χ3v) is 1.77. The van der Waals surface area contributed by atoms with E-state index in [4.69, 9.17) is 5.11 Å². The van der Waals surface area contributed by atoms with Gasteiger partial charge >= 0.3 is 5.97 Å². The number of hydrogen-bond acceptors (Lipinski definition) is 2. The van der Waals surface area contributed by atoms with Crippen LogP contribution in [-0.4, -0.2) is 21.3 Å². The van der Waals surface area contributed by atoms with E-state index in [1.54, 1.807) is 12.3 Å². The van der Waals surface area contributed by atoms with Crippen LogP contribution in [0.25, 0.3) is 6.08 Å². The molecule has 0 aromatic carbocycles. The highest BCUT2D eigenvalue weighted by Crippen LogP contribution is 2.11. The van der Waals surface area contributed by atoms with Crippen molar-refractivity contribution in [3.63, 3.8) is 0 Å². The van der Waals surface area contributed by atoms with Gasteiger partial charge in [-0.15, -0.1) is 0 Å². The molecule has 76 valence electrons. The molecule has 0 fully saturated rings. The summed E-state index contributed by atoms with van der Waals surface area (Å²) in [6.07, 6.45) is 5.19. The van der Waals surface area contributed by atoms with Crippen LogP contribution in [0.2, 0.25) is 0 Å². The Bertz CT molecular complexity index is 340. The molecule has 0 aliphatic carbocycles. The van der Waals surface area contributed by atoms with Gasteiger partial charge in [0.25, 0.3) is 0 Å². The van der Waals surface area contributed by atoms with E-state index in [0.29, 0.717) is 5.92 Å². The fourth-order valence-corrected chi connectivity index (χ4v) is 1.20. The molecule has 4 nitrogen and oxygen atoms in total. The Balaban J connectivity index is 2.77. The summed E-state index contributed by atoms with van der Waals surface area (Å²) in [5, 5.41) is 15.2. The molecule has 0 saturated carbocycles. The number of rotatable bonds is 4. The second kappa shape index (κ2) is 4.60. The van der Waals surface area contributed by atoms with E-state index >= 15 is 0 Å². The highest BCUT2D eigenvalue weighted by Gasteiger charge is 2.04. The predicted octanol–water partition coefficient (Wildman–Crippen LogP) is 1.71. The maximum Gasteiger partial charge on any atom is 0.328 e. The molecule has 0 saturated heterocycles. The van der Waals surface area contributed by atoms with Crippen LogP contribution in [0.5, 0.6) is 0 Å². The normalized spacial score (nSPS) is 11.4. The molecule has 14 heavy (non-hydrogen) atoms. The number of carboxylic acid groups (broad SMARTS) is 1.